The molecule has 2 aromatic carbocycles. The Balaban J connectivity index is 1.56. The summed E-state index contributed by atoms with van der Waals surface area (Å²) in [6.45, 7) is 1.14. The molecule has 0 aliphatic carbocycles. The number of aromatic nitrogens is 4. The van der Waals surface area contributed by atoms with Crippen LogP contribution < -0.4 is 11.1 Å². The molecule has 6 nitrogen and oxygen atoms in total. The molecule has 3 aromatic heterocycles. The van der Waals surface area contributed by atoms with Crippen molar-refractivity contribution in [1.29, 1.82) is 0 Å². The molecular formula is C24H21FN6S. The maximum absolute atomic E-state index is 14.7. The number of nitrogens with two attached hydrogens (primary N) is 1. The van der Waals surface area contributed by atoms with Crippen molar-refractivity contribution < 1.29 is 4.39 Å². The van der Waals surface area contributed by atoms with Crippen LogP contribution in [0.2, 0.25) is 0 Å². The molecule has 3 heterocycles. The number of nitrogens with zero attached hydrogens (tertiary/aromatic N) is 4. The molecule has 0 saturated heterocycles. The zero-order valence-corrected chi connectivity index (χ0v) is 18.0. The second kappa shape index (κ2) is 8.76. The molecule has 0 aliphatic rings. The molecule has 3 N–H and O–H groups in total. The van der Waals surface area contributed by atoms with Gasteiger partial charge in [-0.05, 0) is 35.6 Å². The normalized spacial score (nSPS) is 11.2. The highest BCUT2D eigenvalue weighted by molar-refractivity contribution is 7.09. The van der Waals surface area contributed by atoms with Crippen LogP contribution in [-0.2, 0) is 13.0 Å². The van der Waals surface area contributed by atoms with Crippen LogP contribution in [0.1, 0.15) is 10.4 Å². The smallest absolute Gasteiger partial charge is 0.225 e. The third kappa shape index (κ3) is 4.04. The third-order valence-corrected chi connectivity index (χ3v) is 6.11. The van der Waals surface area contributed by atoms with E-state index in [-0.39, 0.29) is 5.82 Å². The fourth-order valence-electron chi connectivity index (χ4n) is 3.61. The predicted octanol–water partition coefficient (Wildman–Crippen LogP) is 4.98. The highest BCUT2D eigenvalue weighted by Crippen LogP contribution is 2.33. The first-order valence-electron chi connectivity index (χ1n) is 10.3. The number of benzene rings is 2. The summed E-state index contributed by atoms with van der Waals surface area (Å²) in [4.78, 5) is 10.5. The first-order valence-corrected chi connectivity index (χ1v) is 11.2. The van der Waals surface area contributed by atoms with Gasteiger partial charge in [-0.25, -0.2) is 14.1 Å². The van der Waals surface area contributed by atoms with Crippen molar-refractivity contribution >= 4 is 34.1 Å². The van der Waals surface area contributed by atoms with Gasteiger partial charge in [-0.2, -0.15) is 4.98 Å². The number of anilines is 2. The number of fused-ring (bicyclic) bond motifs is 1. The monoisotopic (exact) mass is 444 g/mol. The zero-order valence-electron chi connectivity index (χ0n) is 17.2. The minimum absolute atomic E-state index is 0.368. The molecule has 8 heteroatoms. The largest absolute Gasteiger partial charge is 0.383 e. The Morgan fingerprint density at radius 2 is 1.78 bits per heavy atom. The van der Waals surface area contributed by atoms with Crippen LogP contribution in [-0.4, -0.2) is 26.3 Å². The molecule has 0 unspecified atom stereocenters. The minimum atomic E-state index is -0.368. The van der Waals surface area contributed by atoms with Crippen molar-refractivity contribution in [3.63, 3.8) is 0 Å². The molecule has 0 atom stereocenters. The van der Waals surface area contributed by atoms with Gasteiger partial charge < -0.3 is 11.1 Å². The lowest BCUT2D eigenvalue weighted by atomic mass is 10.1. The molecule has 5 rings (SSSR count). The summed E-state index contributed by atoms with van der Waals surface area (Å²) in [6, 6.07) is 20.6. The van der Waals surface area contributed by atoms with Crippen LogP contribution in [0.15, 0.2) is 72.1 Å². The van der Waals surface area contributed by atoms with E-state index in [1.807, 2.05) is 36.4 Å². The first kappa shape index (κ1) is 20.1. The van der Waals surface area contributed by atoms with Crippen molar-refractivity contribution in [3.05, 3.63) is 88.4 Å². The van der Waals surface area contributed by atoms with Gasteiger partial charge in [0.1, 0.15) is 11.6 Å². The molecule has 0 aliphatic heterocycles. The van der Waals surface area contributed by atoms with E-state index < -0.39 is 0 Å². The first-order chi connectivity index (χ1) is 15.7. The standard InChI is InChI=1S/C24H21FN6S/c25-19-11-5-4-10-18(19)21-20-22(26)31(15-16-7-2-1-3-8-16)30-23(20)29-24(28-21)27-13-12-17-9-6-14-32-17/h1-11,14H,12-13,15,26H2,(H,27,29,30). The zero-order chi connectivity index (χ0) is 21.9. The molecule has 32 heavy (non-hydrogen) atoms. The highest BCUT2D eigenvalue weighted by Gasteiger charge is 2.20. The maximum atomic E-state index is 14.7. The Morgan fingerprint density at radius 3 is 2.56 bits per heavy atom. The molecule has 0 bridgehead atoms. The Hall–Kier alpha value is -3.78. The van der Waals surface area contributed by atoms with E-state index in [1.54, 1.807) is 34.2 Å². The van der Waals surface area contributed by atoms with E-state index in [0.717, 1.165) is 12.0 Å². The lowest BCUT2D eigenvalue weighted by molar-refractivity contribution is 0.631. The predicted molar refractivity (Wildman–Crippen MR) is 127 cm³/mol. The Kier molecular flexibility index (Phi) is 5.51. The van der Waals surface area contributed by atoms with Gasteiger partial charge in [-0.1, -0.05) is 48.5 Å². The SMILES string of the molecule is Nc1c2c(-c3ccccc3F)nc(NCCc3cccs3)nc2nn1Cc1ccccc1. The number of thiophene rings is 1. The number of hydrogen-bond acceptors (Lipinski definition) is 6. The minimum Gasteiger partial charge on any atom is -0.383 e. The van der Waals surface area contributed by atoms with Gasteiger partial charge in [0.15, 0.2) is 5.65 Å². The molecule has 160 valence electrons. The van der Waals surface area contributed by atoms with E-state index in [4.69, 9.17) is 5.73 Å². The fourth-order valence-corrected chi connectivity index (χ4v) is 4.32. The molecule has 0 amide bonds. The highest BCUT2D eigenvalue weighted by atomic mass is 32.1. The summed E-state index contributed by atoms with van der Waals surface area (Å²) in [5, 5.41) is 10.5. The molecule has 0 spiro atoms. The molecule has 0 saturated carbocycles. The second-order valence-electron chi connectivity index (χ2n) is 7.36. The molecule has 5 aromatic rings. The fraction of sp³-hybridized carbons (Fsp3) is 0.125. The Bertz CT molecular complexity index is 1350. The van der Waals surface area contributed by atoms with Crippen LogP contribution in [0.25, 0.3) is 22.3 Å². The Labute approximate surface area is 188 Å². The second-order valence-corrected chi connectivity index (χ2v) is 8.39. The quantitative estimate of drug-likeness (QED) is 0.370. The maximum Gasteiger partial charge on any atom is 0.225 e. The number of nitrogen functional groups attached to an aromatic ring is 1. The van der Waals surface area contributed by atoms with Gasteiger partial charge in [0, 0.05) is 17.0 Å². The van der Waals surface area contributed by atoms with E-state index in [0.29, 0.717) is 47.1 Å². The number of nitrogens with one attached hydrogen (secondary N) is 1. The van der Waals surface area contributed by atoms with Gasteiger partial charge in [-0.15, -0.1) is 16.4 Å². The van der Waals surface area contributed by atoms with E-state index in [9.17, 15) is 4.39 Å². The molecular weight excluding hydrogens is 423 g/mol. The number of halogens is 1. The van der Waals surface area contributed by atoms with Crippen molar-refractivity contribution in [2.75, 3.05) is 17.6 Å². The lowest BCUT2D eigenvalue weighted by Gasteiger charge is -2.09. The van der Waals surface area contributed by atoms with Gasteiger partial charge in [-0.3, -0.25) is 0 Å². The van der Waals surface area contributed by atoms with Crippen molar-refractivity contribution in [3.8, 4) is 11.3 Å². The van der Waals surface area contributed by atoms with Crippen LogP contribution >= 0.6 is 11.3 Å². The molecule has 0 fully saturated rings. The van der Waals surface area contributed by atoms with Crippen LogP contribution in [0.4, 0.5) is 16.2 Å². The average Bonchev–Trinajstić information content (AvgIpc) is 3.43. The van der Waals surface area contributed by atoms with Crippen LogP contribution in [0.5, 0.6) is 0 Å². The van der Waals surface area contributed by atoms with Crippen molar-refractivity contribution in [2.24, 2.45) is 0 Å². The Morgan fingerprint density at radius 1 is 0.969 bits per heavy atom. The van der Waals surface area contributed by atoms with E-state index >= 15 is 0 Å². The average molecular weight is 445 g/mol. The van der Waals surface area contributed by atoms with E-state index in [2.05, 4.69) is 31.8 Å². The van der Waals surface area contributed by atoms with Crippen molar-refractivity contribution in [2.45, 2.75) is 13.0 Å². The summed E-state index contributed by atoms with van der Waals surface area (Å²) in [5.41, 5.74) is 8.76. The van der Waals surface area contributed by atoms with Gasteiger partial charge in [0.2, 0.25) is 5.95 Å². The number of hydrogen-bond donors (Lipinski definition) is 2. The third-order valence-electron chi connectivity index (χ3n) is 5.18. The van der Waals surface area contributed by atoms with Gasteiger partial charge in [0.05, 0.1) is 17.6 Å². The van der Waals surface area contributed by atoms with E-state index in [1.165, 1.54) is 10.9 Å². The van der Waals surface area contributed by atoms with Crippen LogP contribution in [0, 0.1) is 5.82 Å². The lowest BCUT2D eigenvalue weighted by Crippen LogP contribution is -2.08. The molecule has 0 radical (unpaired) electrons. The summed E-state index contributed by atoms with van der Waals surface area (Å²) in [5.74, 6) is 0.441. The topological polar surface area (TPSA) is 81.7 Å². The summed E-state index contributed by atoms with van der Waals surface area (Å²) in [7, 11) is 0. The summed E-state index contributed by atoms with van der Waals surface area (Å²) < 4.78 is 16.4. The number of rotatable bonds is 7. The van der Waals surface area contributed by atoms with Crippen molar-refractivity contribution in [1.82, 2.24) is 19.7 Å². The van der Waals surface area contributed by atoms with Gasteiger partial charge in [0.25, 0.3) is 0 Å². The summed E-state index contributed by atoms with van der Waals surface area (Å²) in [6.07, 6.45) is 0.846. The van der Waals surface area contributed by atoms with Gasteiger partial charge >= 0.3 is 0 Å². The summed E-state index contributed by atoms with van der Waals surface area (Å²) >= 11 is 1.71. The van der Waals surface area contributed by atoms with Crippen LogP contribution in [0.3, 0.4) is 0 Å².